The molecule has 2 rings (SSSR count). The molecule has 0 saturated carbocycles. The van der Waals surface area contributed by atoms with Crippen LogP contribution in [0.1, 0.15) is 42.9 Å². The Labute approximate surface area is 101 Å². The Balaban J connectivity index is 2.15. The molecule has 0 saturated heterocycles. The maximum absolute atomic E-state index is 3.73. The van der Waals surface area contributed by atoms with E-state index >= 15 is 0 Å². The summed E-state index contributed by atoms with van der Waals surface area (Å²) < 4.78 is 1.32. The molecule has 0 radical (unpaired) electrons. The number of allylic oxidation sites excluding steroid dienone is 1. The third-order valence-electron chi connectivity index (χ3n) is 3.02. The fraction of sp³-hybridized carbons (Fsp3) is 0.429. The summed E-state index contributed by atoms with van der Waals surface area (Å²) in [6, 6.07) is 4.56. The van der Waals surface area contributed by atoms with Crippen LogP contribution in [0, 0.1) is 0 Å². The van der Waals surface area contributed by atoms with Crippen LogP contribution < -0.4 is 0 Å². The summed E-state index contributed by atoms with van der Waals surface area (Å²) in [5, 5.41) is 0. The highest BCUT2D eigenvalue weighted by Gasteiger charge is 2.11. The monoisotopic (exact) mass is 264 g/mol. The molecule has 0 aromatic heterocycles. The van der Waals surface area contributed by atoms with E-state index in [1.54, 1.807) is 0 Å². The maximum Gasteiger partial charge on any atom is 0.0282 e. The topological polar surface area (TPSA) is 0 Å². The average molecular weight is 265 g/mol. The predicted molar refractivity (Wildman–Crippen MR) is 70.1 cm³/mol. The molecule has 1 heteroatoms. The minimum absolute atomic E-state index is 1.10. The van der Waals surface area contributed by atoms with Gasteiger partial charge in [0.25, 0.3) is 0 Å². The molecule has 0 bridgehead atoms. The zero-order valence-electron chi connectivity index (χ0n) is 9.22. The lowest BCUT2D eigenvalue weighted by Gasteiger charge is -2.08. The van der Waals surface area contributed by atoms with Gasteiger partial charge in [-0.25, -0.2) is 0 Å². The largest absolute Gasteiger partial charge is 0.0795 e. The van der Waals surface area contributed by atoms with Crippen molar-refractivity contribution < 1.29 is 0 Å². The van der Waals surface area contributed by atoms with Gasteiger partial charge in [-0.1, -0.05) is 44.1 Å². The third-order valence-corrected chi connectivity index (χ3v) is 3.96. The van der Waals surface area contributed by atoms with Crippen LogP contribution in [0.3, 0.4) is 0 Å². The van der Waals surface area contributed by atoms with Gasteiger partial charge in [-0.3, -0.25) is 0 Å². The molecule has 0 heterocycles. The summed E-state index contributed by atoms with van der Waals surface area (Å²) in [7, 11) is 0. The fourth-order valence-electron chi connectivity index (χ4n) is 2.10. The first-order valence-electron chi connectivity index (χ1n) is 5.79. The number of fused-ring (bicyclic) bond motifs is 1. The molecule has 0 aliphatic heterocycles. The Kier molecular flexibility index (Phi) is 3.63. The van der Waals surface area contributed by atoms with Crippen LogP contribution in [0.5, 0.6) is 0 Å². The second kappa shape index (κ2) is 4.98. The quantitative estimate of drug-likeness (QED) is 0.689. The van der Waals surface area contributed by atoms with Crippen molar-refractivity contribution in [1.82, 2.24) is 0 Å². The van der Waals surface area contributed by atoms with Crippen LogP contribution in [-0.4, -0.2) is 0 Å². The number of unbranched alkanes of at least 4 members (excludes halogenated alkanes) is 2. The van der Waals surface area contributed by atoms with Crippen molar-refractivity contribution in [3.05, 3.63) is 39.4 Å². The molecule has 0 fully saturated rings. The standard InChI is InChI=1S/C14H17Br/c1-2-3-4-6-12-10-9-11-7-5-8-13(11)14(12)15/h5,8-10H,2-4,6-7H2,1H3. The van der Waals surface area contributed by atoms with Gasteiger partial charge in [0, 0.05) is 4.47 Å². The number of hydrogen-bond donors (Lipinski definition) is 0. The van der Waals surface area contributed by atoms with Gasteiger partial charge in [-0.05, 0) is 51.9 Å². The van der Waals surface area contributed by atoms with E-state index in [4.69, 9.17) is 0 Å². The summed E-state index contributed by atoms with van der Waals surface area (Å²) in [5.41, 5.74) is 4.33. The van der Waals surface area contributed by atoms with Crippen molar-refractivity contribution in [3.63, 3.8) is 0 Å². The van der Waals surface area contributed by atoms with Gasteiger partial charge >= 0.3 is 0 Å². The van der Waals surface area contributed by atoms with Crippen LogP contribution in [0.4, 0.5) is 0 Å². The van der Waals surface area contributed by atoms with E-state index in [0.29, 0.717) is 0 Å². The smallest absolute Gasteiger partial charge is 0.0282 e. The van der Waals surface area contributed by atoms with E-state index in [9.17, 15) is 0 Å². The molecular formula is C14H17Br. The third kappa shape index (κ3) is 2.34. The highest BCUT2D eigenvalue weighted by Crippen LogP contribution is 2.31. The minimum atomic E-state index is 1.10. The highest BCUT2D eigenvalue weighted by molar-refractivity contribution is 9.10. The second-order valence-corrected chi connectivity index (χ2v) is 4.97. The van der Waals surface area contributed by atoms with Gasteiger partial charge in [0.2, 0.25) is 0 Å². The van der Waals surface area contributed by atoms with E-state index < -0.39 is 0 Å². The van der Waals surface area contributed by atoms with Crippen molar-refractivity contribution >= 4 is 22.0 Å². The molecule has 0 N–H and O–H groups in total. The molecule has 1 aromatic rings. The molecule has 15 heavy (non-hydrogen) atoms. The molecule has 0 unspecified atom stereocenters. The Morgan fingerprint density at radius 3 is 2.93 bits per heavy atom. The van der Waals surface area contributed by atoms with Crippen molar-refractivity contribution in [2.24, 2.45) is 0 Å². The van der Waals surface area contributed by atoms with Crippen LogP contribution >= 0.6 is 15.9 Å². The lowest BCUT2D eigenvalue weighted by Crippen LogP contribution is -1.92. The molecule has 0 nitrogen and oxygen atoms in total. The molecule has 1 aromatic carbocycles. The van der Waals surface area contributed by atoms with Gasteiger partial charge in [0.15, 0.2) is 0 Å². The Bertz CT molecular complexity index is 377. The van der Waals surface area contributed by atoms with Crippen molar-refractivity contribution in [2.75, 3.05) is 0 Å². The Morgan fingerprint density at radius 2 is 2.13 bits per heavy atom. The first-order chi connectivity index (χ1) is 7.33. The maximum atomic E-state index is 3.73. The molecule has 0 amide bonds. The zero-order valence-corrected chi connectivity index (χ0v) is 10.8. The number of hydrogen-bond acceptors (Lipinski definition) is 0. The van der Waals surface area contributed by atoms with E-state index in [-0.39, 0.29) is 0 Å². The number of rotatable bonds is 4. The molecule has 0 spiro atoms. The van der Waals surface area contributed by atoms with Crippen molar-refractivity contribution in [3.8, 4) is 0 Å². The predicted octanol–water partition coefficient (Wildman–Crippen LogP) is 4.75. The fourth-order valence-corrected chi connectivity index (χ4v) is 2.82. The highest BCUT2D eigenvalue weighted by atomic mass is 79.9. The SMILES string of the molecule is CCCCCc1ccc2c(c1Br)C=CC2. The van der Waals surface area contributed by atoms with Gasteiger partial charge < -0.3 is 0 Å². The van der Waals surface area contributed by atoms with E-state index in [1.165, 1.54) is 46.8 Å². The van der Waals surface area contributed by atoms with E-state index in [0.717, 1.165) is 6.42 Å². The average Bonchev–Trinajstić information content (AvgIpc) is 2.70. The molecule has 1 aliphatic carbocycles. The summed E-state index contributed by atoms with van der Waals surface area (Å²) in [6.07, 6.45) is 10.7. The molecule has 1 aliphatic rings. The minimum Gasteiger partial charge on any atom is -0.0795 e. The Morgan fingerprint density at radius 1 is 1.27 bits per heavy atom. The number of aryl methyl sites for hydroxylation is 1. The van der Waals surface area contributed by atoms with Crippen molar-refractivity contribution in [2.45, 2.75) is 39.0 Å². The van der Waals surface area contributed by atoms with Gasteiger partial charge in [0.05, 0.1) is 0 Å². The first kappa shape index (κ1) is 10.9. The summed E-state index contributed by atoms with van der Waals surface area (Å²) in [4.78, 5) is 0. The normalized spacial score (nSPS) is 13.2. The summed E-state index contributed by atoms with van der Waals surface area (Å²) in [5.74, 6) is 0. The lowest BCUT2D eigenvalue weighted by atomic mass is 10.0. The van der Waals surface area contributed by atoms with Gasteiger partial charge in [-0.15, -0.1) is 0 Å². The van der Waals surface area contributed by atoms with E-state index in [1.807, 2.05) is 0 Å². The zero-order chi connectivity index (χ0) is 10.7. The lowest BCUT2D eigenvalue weighted by molar-refractivity contribution is 0.716. The first-order valence-corrected chi connectivity index (χ1v) is 6.59. The molecular weight excluding hydrogens is 248 g/mol. The van der Waals surface area contributed by atoms with Crippen LogP contribution in [0.2, 0.25) is 0 Å². The Hall–Kier alpha value is -0.560. The van der Waals surface area contributed by atoms with Crippen LogP contribution in [-0.2, 0) is 12.8 Å². The molecule has 80 valence electrons. The van der Waals surface area contributed by atoms with Gasteiger partial charge in [-0.2, -0.15) is 0 Å². The van der Waals surface area contributed by atoms with Crippen molar-refractivity contribution in [1.29, 1.82) is 0 Å². The molecule has 0 atom stereocenters. The van der Waals surface area contributed by atoms with Crippen LogP contribution in [0.15, 0.2) is 22.7 Å². The van der Waals surface area contributed by atoms with E-state index in [2.05, 4.69) is 47.1 Å². The number of halogens is 1. The summed E-state index contributed by atoms with van der Waals surface area (Å²) >= 11 is 3.73. The summed E-state index contributed by atoms with van der Waals surface area (Å²) in [6.45, 7) is 2.25. The van der Waals surface area contributed by atoms with Gasteiger partial charge in [0.1, 0.15) is 0 Å². The van der Waals surface area contributed by atoms with Crippen LogP contribution in [0.25, 0.3) is 6.08 Å². The number of benzene rings is 1. The second-order valence-electron chi connectivity index (χ2n) is 4.18.